The molecule has 2 rings (SSSR count). The van der Waals surface area contributed by atoms with Gasteiger partial charge in [0, 0.05) is 38.4 Å². The molecule has 2 N–H and O–H groups in total. The third-order valence-electron chi connectivity index (χ3n) is 3.31. The lowest BCUT2D eigenvalue weighted by molar-refractivity contribution is 0.188. The number of phenolic OH excluding ortho intramolecular Hbond substituents is 1. The van der Waals surface area contributed by atoms with Crippen molar-refractivity contribution < 1.29 is 10.2 Å². The second-order valence-corrected chi connectivity index (χ2v) is 4.52. The van der Waals surface area contributed by atoms with Gasteiger partial charge in [0.25, 0.3) is 0 Å². The van der Waals surface area contributed by atoms with Crippen molar-refractivity contribution in [3.63, 3.8) is 0 Å². The van der Waals surface area contributed by atoms with E-state index in [1.807, 2.05) is 13.0 Å². The number of aromatic hydroxyl groups is 1. The molecule has 4 nitrogen and oxygen atoms in total. The Morgan fingerprint density at radius 2 is 1.88 bits per heavy atom. The third kappa shape index (κ3) is 2.90. The fraction of sp³-hybridized carbons (Fsp3) is 0.538. The molecule has 0 atom stereocenters. The van der Waals surface area contributed by atoms with Gasteiger partial charge in [0.2, 0.25) is 0 Å². The van der Waals surface area contributed by atoms with E-state index in [1.54, 1.807) is 12.1 Å². The number of rotatable bonds is 3. The molecule has 1 saturated heterocycles. The van der Waals surface area contributed by atoms with Gasteiger partial charge < -0.3 is 15.1 Å². The first-order valence-corrected chi connectivity index (χ1v) is 6.08. The van der Waals surface area contributed by atoms with Crippen molar-refractivity contribution in [3.05, 3.63) is 23.8 Å². The van der Waals surface area contributed by atoms with Crippen molar-refractivity contribution >= 4 is 5.69 Å². The highest BCUT2D eigenvalue weighted by Gasteiger charge is 2.17. The van der Waals surface area contributed by atoms with E-state index in [0.29, 0.717) is 5.75 Å². The quantitative estimate of drug-likeness (QED) is 0.815. The van der Waals surface area contributed by atoms with E-state index in [-0.39, 0.29) is 6.61 Å². The summed E-state index contributed by atoms with van der Waals surface area (Å²) < 4.78 is 0. The second kappa shape index (κ2) is 5.38. The van der Waals surface area contributed by atoms with Gasteiger partial charge in [-0.15, -0.1) is 0 Å². The van der Waals surface area contributed by atoms with Crippen LogP contribution in [0.25, 0.3) is 0 Å². The fourth-order valence-corrected chi connectivity index (χ4v) is 2.35. The summed E-state index contributed by atoms with van der Waals surface area (Å²) in [6, 6.07) is 5.52. The van der Waals surface area contributed by atoms with E-state index >= 15 is 0 Å². The number of aliphatic hydroxyl groups is 1. The maximum atomic E-state index is 9.39. The van der Waals surface area contributed by atoms with Crippen LogP contribution in [-0.4, -0.2) is 54.4 Å². The Kier molecular flexibility index (Phi) is 3.86. The lowest BCUT2D eigenvalue weighted by atomic mass is 10.1. The first-order valence-electron chi connectivity index (χ1n) is 6.08. The van der Waals surface area contributed by atoms with Crippen LogP contribution >= 0.6 is 0 Å². The number of nitrogens with zero attached hydrogens (tertiary/aromatic N) is 2. The van der Waals surface area contributed by atoms with E-state index < -0.39 is 0 Å². The van der Waals surface area contributed by atoms with Crippen molar-refractivity contribution in [2.24, 2.45) is 0 Å². The van der Waals surface area contributed by atoms with Gasteiger partial charge >= 0.3 is 0 Å². The number of anilines is 1. The van der Waals surface area contributed by atoms with Crippen molar-refractivity contribution in [1.82, 2.24) is 4.90 Å². The Morgan fingerprint density at radius 1 is 1.18 bits per heavy atom. The molecule has 0 aliphatic carbocycles. The van der Waals surface area contributed by atoms with Crippen LogP contribution in [0.1, 0.15) is 5.56 Å². The van der Waals surface area contributed by atoms with E-state index in [1.165, 1.54) is 5.69 Å². The summed E-state index contributed by atoms with van der Waals surface area (Å²) in [7, 11) is 0. The van der Waals surface area contributed by atoms with E-state index in [9.17, 15) is 5.11 Å². The lowest BCUT2D eigenvalue weighted by Crippen LogP contribution is -2.47. The maximum absolute atomic E-state index is 9.39. The van der Waals surface area contributed by atoms with Crippen LogP contribution in [0.15, 0.2) is 18.2 Å². The molecule has 0 amide bonds. The van der Waals surface area contributed by atoms with Gasteiger partial charge in [-0.25, -0.2) is 0 Å². The predicted octanol–water partition coefficient (Wildman–Crippen LogP) is 0.815. The zero-order valence-corrected chi connectivity index (χ0v) is 10.3. The highest BCUT2D eigenvalue weighted by atomic mass is 16.3. The number of hydrogen-bond acceptors (Lipinski definition) is 4. The number of hydrogen-bond donors (Lipinski definition) is 2. The number of aryl methyl sites for hydroxylation is 1. The topological polar surface area (TPSA) is 46.9 Å². The average molecular weight is 236 g/mol. The molecular formula is C13H20N2O2. The van der Waals surface area contributed by atoms with Crippen LogP contribution in [0.3, 0.4) is 0 Å². The van der Waals surface area contributed by atoms with Crippen molar-refractivity contribution in [3.8, 4) is 5.75 Å². The summed E-state index contributed by atoms with van der Waals surface area (Å²) in [6.45, 7) is 6.95. The summed E-state index contributed by atoms with van der Waals surface area (Å²) in [5.74, 6) is 0.324. The lowest BCUT2D eigenvalue weighted by Gasteiger charge is -2.36. The van der Waals surface area contributed by atoms with E-state index in [0.717, 1.165) is 38.3 Å². The minimum Gasteiger partial charge on any atom is -0.508 e. The Hall–Kier alpha value is -1.26. The molecule has 0 aromatic heterocycles. The fourth-order valence-electron chi connectivity index (χ4n) is 2.35. The van der Waals surface area contributed by atoms with Gasteiger partial charge in [0.15, 0.2) is 0 Å². The standard InChI is InChI=1S/C13H20N2O2/c1-11-10-12(17)2-3-13(11)15-6-4-14(5-7-15)8-9-16/h2-3,10,16-17H,4-9H2,1H3. The number of piperazine rings is 1. The molecule has 1 aromatic carbocycles. The van der Waals surface area contributed by atoms with Gasteiger partial charge in [0.1, 0.15) is 5.75 Å². The largest absolute Gasteiger partial charge is 0.508 e. The molecule has 0 unspecified atom stereocenters. The Labute approximate surface area is 102 Å². The molecule has 0 saturated carbocycles. The molecule has 1 aromatic rings. The summed E-state index contributed by atoms with van der Waals surface area (Å²) in [4.78, 5) is 4.61. The number of aliphatic hydroxyl groups excluding tert-OH is 1. The Balaban J connectivity index is 2.00. The van der Waals surface area contributed by atoms with Crippen LogP contribution in [0.5, 0.6) is 5.75 Å². The van der Waals surface area contributed by atoms with Crippen LogP contribution in [0.2, 0.25) is 0 Å². The molecule has 1 fully saturated rings. The zero-order valence-electron chi connectivity index (χ0n) is 10.3. The van der Waals surface area contributed by atoms with Crippen molar-refractivity contribution in [2.45, 2.75) is 6.92 Å². The molecule has 4 heteroatoms. The Bertz CT molecular complexity index is 374. The second-order valence-electron chi connectivity index (χ2n) is 4.52. The van der Waals surface area contributed by atoms with Crippen LogP contribution in [0, 0.1) is 6.92 Å². The number of benzene rings is 1. The smallest absolute Gasteiger partial charge is 0.115 e. The normalized spacial score (nSPS) is 17.4. The molecule has 1 aliphatic rings. The average Bonchev–Trinajstić information content (AvgIpc) is 2.31. The van der Waals surface area contributed by atoms with E-state index in [2.05, 4.69) is 9.80 Å². The summed E-state index contributed by atoms with van der Waals surface area (Å²) in [6.07, 6.45) is 0. The number of β-amino-alcohol motifs (C(OH)–C–C–N with tert-alkyl or cyclic N) is 1. The molecule has 0 radical (unpaired) electrons. The summed E-state index contributed by atoms with van der Waals surface area (Å²) in [5, 5.41) is 18.3. The molecule has 1 aliphatic heterocycles. The minimum absolute atomic E-state index is 0.234. The molecule has 94 valence electrons. The first kappa shape index (κ1) is 12.2. The van der Waals surface area contributed by atoms with Crippen LogP contribution < -0.4 is 4.90 Å². The van der Waals surface area contributed by atoms with Gasteiger partial charge in [-0.05, 0) is 30.7 Å². The monoisotopic (exact) mass is 236 g/mol. The number of phenols is 1. The zero-order chi connectivity index (χ0) is 12.3. The first-order chi connectivity index (χ1) is 8.20. The van der Waals surface area contributed by atoms with Gasteiger partial charge in [-0.3, -0.25) is 4.90 Å². The third-order valence-corrected chi connectivity index (χ3v) is 3.31. The molecular weight excluding hydrogens is 216 g/mol. The van der Waals surface area contributed by atoms with Gasteiger partial charge in [-0.2, -0.15) is 0 Å². The summed E-state index contributed by atoms with van der Waals surface area (Å²) in [5.41, 5.74) is 2.31. The molecule has 17 heavy (non-hydrogen) atoms. The van der Waals surface area contributed by atoms with Crippen LogP contribution in [0.4, 0.5) is 5.69 Å². The van der Waals surface area contributed by atoms with Crippen LogP contribution in [-0.2, 0) is 0 Å². The van der Waals surface area contributed by atoms with Crippen molar-refractivity contribution in [1.29, 1.82) is 0 Å². The Morgan fingerprint density at radius 3 is 2.47 bits per heavy atom. The highest BCUT2D eigenvalue weighted by Crippen LogP contribution is 2.24. The predicted molar refractivity (Wildman–Crippen MR) is 68.6 cm³/mol. The van der Waals surface area contributed by atoms with Gasteiger partial charge in [0.05, 0.1) is 6.61 Å². The highest BCUT2D eigenvalue weighted by molar-refractivity contribution is 5.55. The SMILES string of the molecule is Cc1cc(O)ccc1N1CCN(CCO)CC1. The van der Waals surface area contributed by atoms with Gasteiger partial charge in [-0.1, -0.05) is 0 Å². The van der Waals surface area contributed by atoms with Crippen molar-refractivity contribution in [2.75, 3.05) is 44.2 Å². The molecule has 0 spiro atoms. The minimum atomic E-state index is 0.234. The molecule has 0 bridgehead atoms. The summed E-state index contributed by atoms with van der Waals surface area (Å²) >= 11 is 0. The van der Waals surface area contributed by atoms with E-state index in [4.69, 9.17) is 5.11 Å². The molecule has 1 heterocycles. The maximum Gasteiger partial charge on any atom is 0.115 e.